The van der Waals surface area contributed by atoms with Gasteiger partial charge in [0.05, 0.1) is 7.11 Å². The first kappa shape index (κ1) is 15.5. The molecule has 0 heterocycles. The molecule has 0 atom stereocenters. The molecule has 1 rings (SSSR count). The summed E-state index contributed by atoms with van der Waals surface area (Å²) in [4.78, 5) is 2.37. The van der Waals surface area contributed by atoms with E-state index in [4.69, 9.17) is 15.9 Å². The smallest absolute Gasteiger partial charge is 0.123 e. The van der Waals surface area contributed by atoms with Crippen molar-refractivity contribution in [3.05, 3.63) is 29.3 Å². The minimum Gasteiger partial charge on any atom is -0.496 e. The van der Waals surface area contributed by atoms with Gasteiger partial charge < -0.3 is 10.5 Å². The average molecular weight is 263 g/mol. The normalized spacial score (nSPS) is 11.1. The number of hydrogen-bond acceptors (Lipinski definition) is 3. The Kier molecular flexibility index (Phi) is 5.83. The van der Waals surface area contributed by atoms with E-state index in [0.717, 1.165) is 36.5 Å². The number of hydrogen-bond donors (Lipinski definition) is 2. The minimum atomic E-state index is 0.0933. The maximum Gasteiger partial charge on any atom is 0.123 e. The molecule has 0 spiro atoms. The van der Waals surface area contributed by atoms with Crippen molar-refractivity contribution in [1.29, 1.82) is 5.41 Å². The molecule has 0 aliphatic carbocycles. The first-order valence-corrected chi connectivity index (χ1v) is 6.71. The Hall–Kier alpha value is -1.55. The predicted molar refractivity (Wildman–Crippen MR) is 79.8 cm³/mol. The molecule has 1 aromatic rings. The standard InChI is InChI=1S/C15H25N3O/c1-5-18(9-11(2)3)10-13-8-12(15(16)17)6-7-14(13)19-4/h6-8,11H,5,9-10H2,1-4H3,(H3,16,17). The second kappa shape index (κ2) is 7.14. The highest BCUT2D eigenvalue weighted by Crippen LogP contribution is 2.22. The summed E-state index contributed by atoms with van der Waals surface area (Å²) in [5.74, 6) is 1.57. The number of nitrogens with one attached hydrogen (secondary N) is 1. The molecular formula is C15H25N3O. The van der Waals surface area contributed by atoms with Crippen molar-refractivity contribution in [3.8, 4) is 5.75 Å². The molecule has 0 fully saturated rings. The summed E-state index contributed by atoms with van der Waals surface area (Å²) in [6.07, 6.45) is 0. The Morgan fingerprint density at radius 1 is 1.42 bits per heavy atom. The summed E-state index contributed by atoms with van der Waals surface area (Å²) < 4.78 is 5.39. The highest BCUT2D eigenvalue weighted by Gasteiger charge is 2.11. The Morgan fingerprint density at radius 2 is 2.11 bits per heavy atom. The molecule has 4 nitrogen and oxygen atoms in total. The van der Waals surface area contributed by atoms with Crippen LogP contribution < -0.4 is 10.5 Å². The molecule has 3 N–H and O–H groups in total. The zero-order chi connectivity index (χ0) is 14.4. The molecule has 0 aromatic heterocycles. The van der Waals surface area contributed by atoms with Crippen LogP contribution in [-0.2, 0) is 6.54 Å². The molecule has 0 bridgehead atoms. The van der Waals surface area contributed by atoms with Gasteiger partial charge in [-0.3, -0.25) is 10.3 Å². The zero-order valence-electron chi connectivity index (χ0n) is 12.4. The van der Waals surface area contributed by atoms with Crippen LogP contribution in [0.15, 0.2) is 18.2 Å². The molecule has 0 saturated heterocycles. The topological polar surface area (TPSA) is 62.3 Å². The maximum absolute atomic E-state index is 7.52. The van der Waals surface area contributed by atoms with Gasteiger partial charge in [-0.1, -0.05) is 20.8 Å². The van der Waals surface area contributed by atoms with E-state index in [-0.39, 0.29) is 5.84 Å². The lowest BCUT2D eigenvalue weighted by molar-refractivity contribution is 0.244. The molecule has 0 saturated carbocycles. The lowest BCUT2D eigenvalue weighted by Gasteiger charge is -2.23. The molecule has 19 heavy (non-hydrogen) atoms. The van der Waals surface area contributed by atoms with Crippen LogP contribution in [0.3, 0.4) is 0 Å². The number of ether oxygens (including phenoxy) is 1. The number of nitrogens with zero attached hydrogens (tertiary/aromatic N) is 1. The van der Waals surface area contributed by atoms with Gasteiger partial charge in [-0.2, -0.15) is 0 Å². The van der Waals surface area contributed by atoms with E-state index >= 15 is 0 Å². The van der Waals surface area contributed by atoms with Crippen LogP contribution in [-0.4, -0.2) is 30.9 Å². The molecule has 1 aromatic carbocycles. The zero-order valence-corrected chi connectivity index (χ0v) is 12.4. The quantitative estimate of drug-likeness (QED) is 0.587. The van der Waals surface area contributed by atoms with Gasteiger partial charge in [0.25, 0.3) is 0 Å². The predicted octanol–water partition coefficient (Wildman–Crippen LogP) is 2.46. The van der Waals surface area contributed by atoms with Gasteiger partial charge in [-0.25, -0.2) is 0 Å². The van der Waals surface area contributed by atoms with Crippen LogP contribution in [0.25, 0.3) is 0 Å². The summed E-state index contributed by atoms with van der Waals surface area (Å²) in [6.45, 7) is 9.44. The van der Waals surface area contributed by atoms with Crippen LogP contribution >= 0.6 is 0 Å². The van der Waals surface area contributed by atoms with Gasteiger partial charge in [-0.05, 0) is 30.7 Å². The van der Waals surface area contributed by atoms with E-state index in [9.17, 15) is 0 Å². The molecule has 106 valence electrons. The van der Waals surface area contributed by atoms with Crippen LogP contribution in [0.5, 0.6) is 5.75 Å². The summed E-state index contributed by atoms with van der Waals surface area (Å²) in [5, 5.41) is 7.52. The second-order valence-electron chi connectivity index (χ2n) is 5.16. The summed E-state index contributed by atoms with van der Waals surface area (Å²) >= 11 is 0. The summed E-state index contributed by atoms with van der Waals surface area (Å²) in [5.41, 5.74) is 7.37. The van der Waals surface area contributed by atoms with E-state index in [1.54, 1.807) is 7.11 Å². The second-order valence-corrected chi connectivity index (χ2v) is 5.16. The third-order valence-corrected chi connectivity index (χ3v) is 3.06. The van der Waals surface area contributed by atoms with E-state index in [1.807, 2.05) is 18.2 Å². The minimum absolute atomic E-state index is 0.0933. The molecule has 0 aliphatic heterocycles. The van der Waals surface area contributed by atoms with Crippen molar-refractivity contribution in [3.63, 3.8) is 0 Å². The van der Waals surface area contributed by atoms with Crippen molar-refractivity contribution >= 4 is 5.84 Å². The van der Waals surface area contributed by atoms with E-state index in [2.05, 4.69) is 25.7 Å². The van der Waals surface area contributed by atoms with Crippen LogP contribution in [0.1, 0.15) is 31.9 Å². The summed E-state index contributed by atoms with van der Waals surface area (Å²) in [7, 11) is 1.67. The Balaban J connectivity index is 2.95. The number of benzene rings is 1. The van der Waals surface area contributed by atoms with Gasteiger partial charge in [0.1, 0.15) is 11.6 Å². The van der Waals surface area contributed by atoms with Crippen molar-refractivity contribution in [2.45, 2.75) is 27.3 Å². The fourth-order valence-electron chi connectivity index (χ4n) is 2.13. The van der Waals surface area contributed by atoms with Gasteiger partial charge in [-0.15, -0.1) is 0 Å². The van der Waals surface area contributed by atoms with E-state index in [1.165, 1.54) is 0 Å². The molecule has 4 heteroatoms. The SMILES string of the molecule is CCN(Cc1cc(C(=N)N)ccc1OC)CC(C)C. The third-order valence-electron chi connectivity index (χ3n) is 3.06. The molecule has 0 unspecified atom stereocenters. The fourth-order valence-corrected chi connectivity index (χ4v) is 2.13. The molecular weight excluding hydrogens is 238 g/mol. The fraction of sp³-hybridized carbons (Fsp3) is 0.533. The average Bonchev–Trinajstić information content (AvgIpc) is 2.37. The number of nitrogens with two attached hydrogens (primary N) is 1. The maximum atomic E-state index is 7.52. The highest BCUT2D eigenvalue weighted by molar-refractivity contribution is 5.95. The lowest BCUT2D eigenvalue weighted by atomic mass is 10.1. The molecule has 0 aliphatic rings. The van der Waals surface area contributed by atoms with Gasteiger partial charge >= 0.3 is 0 Å². The number of rotatable bonds is 7. The van der Waals surface area contributed by atoms with Crippen LogP contribution in [0, 0.1) is 11.3 Å². The van der Waals surface area contributed by atoms with Crippen molar-refractivity contribution < 1.29 is 4.74 Å². The van der Waals surface area contributed by atoms with Crippen LogP contribution in [0.4, 0.5) is 0 Å². The number of nitrogen functional groups attached to an aromatic ring is 1. The Morgan fingerprint density at radius 3 is 2.58 bits per heavy atom. The third kappa shape index (κ3) is 4.56. The van der Waals surface area contributed by atoms with E-state index in [0.29, 0.717) is 5.92 Å². The first-order valence-electron chi connectivity index (χ1n) is 6.71. The van der Waals surface area contributed by atoms with Crippen LogP contribution in [0.2, 0.25) is 0 Å². The largest absolute Gasteiger partial charge is 0.496 e. The van der Waals surface area contributed by atoms with Crippen molar-refractivity contribution in [1.82, 2.24) is 4.90 Å². The highest BCUT2D eigenvalue weighted by atomic mass is 16.5. The van der Waals surface area contributed by atoms with Crippen molar-refractivity contribution in [2.75, 3.05) is 20.2 Å². The Labute approximate surface area is 116 Å². The number of amidine groups is 1. The van der Waals surface area contributed by atoms with E-state index < -0.39 is 0 Å². The number of methoxy groups -OCH3 is 1. The molecule has 0 amide bonds. The van der Waals surface area contributed by atoms with Gasteiger partial charge in [0, 0.05) is 24.2 Å². The monoisotopic (exact) mass is 263 g/mol. The van der Waals surface area contributed by atoms with Gasteiger partial charge in [0.15, 0.2) is 0 Å². The first-order chi connectivity index (χ1) is 8.97. The lowest BCUT2D eigenvalue weighted by Crippen LogP contribution is -2.27. The van der Waals surface area contributed by atoms with Gasteiger partial charge in [0.2, 0.25) is 0 Å². The molecule has 0 radical (unpaired) electrons. The summed E-state index contributed by atoms with van der Waals surface area (Å²) in [6, 6.07) is 5.66. The Bertz CT molecular complexity index is 429. The van der Waals surface area contributed by atoms with Crippen molar-refractivity contribution in [2.24, 2.45) is 11.7 Å².